The number of aliphatic hydroxyl groups is 1. The van der Waals surface area contributed by atoms with E-state index in [4.69, 9.17) is 0 Å². The van der Waals surface area contributed by atoms with Gasteiger partial charge in [-0.3, -0.25) is 4.79 Å². The first kappa shape index (κ1) is 14.4. The first-order valence-corrected chi connectivity index (χ1v) is 7.90. The fraction of sp³-hybridized carbons (Fsp3) is 0.600. The van der Waals surface area contributed by atoms with Crippen LogP contribution in [0.15, 0.2) is 12.7 Å². The number of aromatic amines is 1. The molecule has 0 amide bonds. The number of carbonyl (C=O) groups is 1. The summed E-state index contributed by atoms with van der Waals surface area (Å²) in [7, 11) is 0. The van der Waals surface area contributed by atoms with E-state index in [2.05, 4.69) is 19.9 Å². The number of H-pyrrole nitrogens is 1. The van der Waals surface area contributed by atoms with E-state index in [1.165, 1.54) is 6.33 Å². The molecule has 2 atom stereocenters. The Labute approximate surface area is 132 Å². The van der Waals surface area contributed by atoms with Crippen molar-refractivity contribution in [3.63, 3.8) is 0 Å². The SMILES string of the molecule is O=C(O)[C@@]1(CC2CC2)CN(c2ncnc3nc[nH]c23)CC[C@@H]1O. The normalized spacial score (nSPS) is 28.2. The molecule has 0 unspecified atom stereocenters. The Morgan fingerprint density at radius 2 is 2.17 bits per heavy atom. The Kier molecular flexibility index (Phi) is 3.22. The topological polar surface area (TPSA) is 115 Å². The molecule has 3 heterocycles. The Bertz CT molecular complexity index is 744. The highest BCUT2D eigenvalue weighted by atomic mass is 16.4. The van der Waals surface area contributed by atoms with Gasteiger partial charge >= 0.3 is 5.97 Å². The zero-order valence-corrected chi connectivity index (χ0v) is 12.6. The first-order valence-electron chi connectivity index (χ1n) is 7.90. The van der Waals surface area contributed by atoms with Crippen LogP contribution in [0.25, 0.3) is 11.2 Å². The van der Waals surface area contributed by atoms with Gasteiger partial charge in [-0.1, -0.05) is 12.8 Å². The quantitative estimate of drug-likeness (QED) is 0.763. The van der Waals surface area contributed by atoms with Crippen LogP contribution >= 0.6 is 0 Å². The molecule has 1 aliphatic carbocycles. The molecule has 0 aromatic carbocycles. The largest absolute Gasteiger partial charge is 0.481 e. The number of imidazole rings is 1. The van der Waals surface area contributed by atoms with Gasteiger partial charge in [-0.05, 0) is 18.8 Å². The van der Waals surface area contributed by atoms with Crippen LogP contribution in [0.2, 0.25) is 0 Å². The second-order valence-corrected chi connectivity index (χ2v) is 6.63. The fourth-order valence-corrected chi connectivity index (χ4v) is 3.59. The third-order valence-corrected chi connectivity index (χ3v) is 5.06. The molecule has 1 saturated carbocycles. The maximum Gasteiger partial charge on any atom is 0.314 e. The number of nitrogens with zero attached hydrogens (tertiary/aromatic N) is 4. The van der Waals surface area contributed by atoms with Crippen LogP contribution in [-0.4, -0.2) is 55.3 Å². The monoisotopic (exact) mass is 317 g/mol. The van der Waals surface area contributed by atoms with Gasteiger partial charge in [0.1, 0.15) is 17.3 Å². The molecular formula is C15H19N5O3. The molecule has 8 heteroatoms. The molecule has 2 aromatic rings. The molecule has 2 aliphatic rings. The zero-order chi connectivity index (χ0) is 16.0. The predicted molar refractivity (Wildman–Crippen MR) is 81.9 cm³/mol. The minimum Gasteiger partial charge on any atom is -0.481 e. The number of carboxylic acid groups (broad SMARTS) is 1. The van der Waals surface area contributed by atoms with Gasteiger partial charge in [0.25, 0.3) is 0 Å². The summed E-state index contributed by atoms with van der Waals surface area (Å²) in [4.78, 5) is 29.5. The summed E-state index contributed by atoms with van der Waals surface area (Å²) in [5.74, 6) is 0.149. The minimum absolute atomic E-state index is 0.255. The summed E-state index contributed by atoms with van der Waals surface area (Å²) in [6, 6.07) is 0. The van der Waals surface area contributed by atoms with E-state index in [-0.39, 0.29) is 6.54 Å². The number of hydrogen-bond acceptors (Lipinski definition) is 6. The molecule has 0 bridgehead atoms. The van der Waals surface area contributed by atoms with Crippen LogP contribution < -0.4 is 4.90 Å². The molecule has 3 N–H and O–H groups in total. The summed E-state index contributed by atoms with van der Waals surface area (Å²) in [6.07, 6.45) is 5.22. The van der Waals surface area contributed by atoms with Crippen molar-refractivity contribution in [3.05, 3.63) is 12.7 Å². The van der Waals surface area contributed by atoms with E-state index >= 15 is 0 Å². The first-order chi connectivity index (χ1) is 11.1. The molecule has 2 fully saturated rings. The predicted octanol–water partition coefficient (Wildman–Crippen LogP) is 0.795. The lowest BCUT2D eigenvalue weighted by Gasteiger charge is -2.44. The number of hydrogen-bond donors (Lipinski definition) is 3. The van der Waals surface area contributed by atoms with E-state index in [9.17, 15) is 15.0 Å². The number of fused-ring (bicyclic) bond motifs is 1. The molecule has 0 radical (unpaired) electrons. The number of nitrogens with one attached hydrogen (secondary N) is 1. The van der Waals surface area contributed by atoms with Crippen molar-refractivity contribution in [2.24, 2.45) is 11.3 Å². The number of aliphatic carboxylic acids is 1. The number of rotatable bonds is 4. The van der Waals surface area contributed by atoms with Crippen LogP contribution in [0.5, 0.6) is 0 Å². The van der Waals surface area contributed by atoms with E-state index in [1.54, 1.807) is 6.33 Å². The van der Waals surface area contributed by atoms with Gasteiger partial charge in [0, 0.05) is 13.1 Å². The molecule has 1 aliphatic heterocycles. The lowest BCUT2D eigenvalue weighted by Crippen LogP contribution is -2.56. The van der Waals surface area contributed by atoms with Crippen molar-refractivity contribution in [1.29, 1.82) is 0 Å². The number of aliphatic hydroxyl groups excluding tert-OH is 1. The molecule has 1 saturated heterocycles. The molecule has 8 nitrogen and oxygen atoms in total. The molecule has 23 heavy (non-hydrogen) atoms. The zero-order valence-electron chi connectivity index (χ0n) is 12.6. The number of piperidine rings is 1. The van der Waals surface area contributed by atoms with Gasteiger partial charge in [-0.25, -0.2) is 15.0 Å². The summed E-state index contributed by atoms with van der Waals surface area (Å²) in [5, 5.41) is 20.3. The lowest BCUT2D eigenvalue weighted by atomic mass is 9.73. The van der Waals surface area contributed by atoms with Crippen LogP contribution in [0.3, 0.4) is 0 Å². The molecule has 4 rings (SSSR count). The lowest BCUT2D eigenvalue weighted by molar-refractivity contribution is -0.158. The van der Waals surface area contributed by atoms with E-state index < -0.39 is 17.5 Å². The van der Waals surface area contributed by atoms with Crippen molar-refractivity contribution >= 4 is 23.0 Å². The Morgan fingerprint density at radius 3 is 2.91 bits per heavy atom. The van der Waals surface area contributed by atoms with Crippen molar-refractivity contribution in [1.82, 2.24) is 19.9 Å². The molecular weight excluding hydrogens is 298 g/mol. The standard InChI is InChI=1S/C15H19N5O3/c21-10-3-4-20(6-15(10,14(22)23)5-9-1-2-9)13-11-12(17-7-16-11)18-8-19-13/h7-10,21H,1-6H2,(H,22,23)(H,16,17,18,19)/t10-,15-/m0/s1. The van der Waals surface area contributed by atoms with E-state index in [0.717, 1.165) is 12.8 Å². The number of anilines is 1. The van der Waals surface area contributed by atoms with E-state index in [1.807, 2.05) is 4.90 Å². The van der Waals surface area contributed by atoms with Crippen LogP contribution in [0, 0.1) is 11.3 Å². The summed E-state index contributed by atoms with van der Waals surface area (Å²) >= 11 is 0. The molecule has 0 spiro atoms. The van der Waals surface area contributed by atoms with Gasteiger partial charge in [0.15, 0.2) is 11.5 Å². The Balaban J connectivity index is 1.70. The van der Waals surface area contributed by atoms with Gasteiger partial charge in [-0.2, -0.15) is 0 Å². The van der Waals surface area contributed by atoms with Gasteiger partial charge in [0.2, 0.25) is 0 Å². The van der Waals surface area contributed by atoms with E-state index in [0.29, 0.717) is 42.3 Å². The Hall–Kier alpha value is -2.22. The average molecular weight is 317 g/mol. The molecule has 2 aromatic heterocycles. The van der Waals surface area contributed by atoms with Gasteiger partial charge in [-0.15, -0.1) is 0 Å². The summed E-state index contributed by atoms with van der Waals surface area (Å²) < 4.78 is 0. The third kappa shape index (κ3) is 2.33. The highest BCUT2D eigenvalue weighted by Gasteiger charge is 2.52. The Morgan fingerprint density at radius 1 is 1.35 bits per heavy atom. The average Bonchev–Trinajstić information content (AvgIpc) is 3.21. The van der Waals surface area contributed by atoms with Crippen molar-refractivity contribution in [2.75, 3.05) is 18.0 Å². The maximum atomic E-state index is 12.0. The smallest absolute Gasteiger partial charge is 0.314 e. The van der Waals surface area contributed by atoms with Crippen LogP contribution in [0.4, 0.5) is 5.82 Å². The minimum atomic E-state index is -1.13. The van der Waals surface area contributed by atoms with Crippen molar-refractivity contribution < 1.29 is 15.0 Å². The molecule has 122 valence electrons. The fourth-order valence-electron chi connectivity index (χ4n) is 3.59. The van der Waals surface area contributed by atoms with Gasteiger partial charge < -0.3 is 20.1 Å². The second-order valence-electron chi connectivity index (χ2n) is 6.63. The highest BCUT2D eigenvalue weighted by molar-refractivity contribution is 5.84. The van der Waals surface area contributed by atoms with Crippen molar-refractivity contribution in [3.8, 4) is 0 Å². The van der Waals surface area contributed by atoms with Crippen LogP contribution in [0.1, 0.15) is 25.7 Å². The van der Waals surface area contributed by atoms with Crippen molar-refractivity contribution in [2.45, 2.75) is 31.8 Å². The number of aromatic nitrogens is 4. The van der Waals surface area contributed by atoms with Crippen LogP contribution in [-0.2, 0) is 4.79 Å². The summed E-state index contributed by atoms with van der Waals surface area (Å²) in [6.45, 7) is 0.817. The maximum absolute atomic E-state index is 12.0. The summed E-state index contributed by atoms with van der Waals surface area (Å²) in [5.41, 5.74) is 0.135. The second kappa shape index (κ2) is 5.16. The number of carboxylic acids is 1. The van der Waals surface area contributed by atoms with Gasteiger partial charge in [0.05, 0.1) is 12.4 Å². The third-order valence-electron chi connectivity index (χ3n) is 5.06. The highest BCUT2D eigenvalue weighted by Crippen LogP contribution is 2.45.